The van der Waals surface area contributed by atoms with Crippen molar-refractivity contribution in [2.75, 3.05) is 17.7 Å². The van der Waals surface area contributed by atoms with E-state index in [4.69, 9.17) is 9.72 Å². The summed E-state index contributed by atoms with van der Waals surface area (Å²) in [6, 6.07) is 23.4. The van der Waals surface area contributed by atoms with Gasteiger partial charge in [0.05, 0.1) is 35.4 Å². The molecule has 3 aromatic carbocycles. The van der Waals surface area contributed by atoms with Gasteiger partial charge in [-0.3, -0.25) is 9.36 Å². The van der Waals surface area contributed by atoms with Crippen LogP contribution in [0.2, 0.25) is 0 Å². The van der Waals surface area contributed by atoms with Crippen molar-refractivity contribution in [3.63, 3.8) is 0 Å². The van der Waals surface area contributed by atoms with Crippen LogP contribution in [0.5, 0.6) is 5.75 Å². The van der Waals surface area contributed by atoms with Crippen LogP contribution in [0.15, 0.2) is 84.1 Å². The molecule has 0 aliphatic carbocycles. The number of hydrogen-bond donors (Lipinski definition) is 2. The van der Waals surface area contributed by atoms with Gasteiger partial charge in [-0.05, 0) is 43.7 Å². The van der Waals surface area contributed by atoms with E-state index in [-0.39, 0.29) is 11.9 Å². The molecule has 0 unspecified atom stereocenters. The number of methoxy groups -OCH3 is 1. The number of amides is 1. The third-order valence-corrected chi connectivity index (χ3v) is 5.82. The van der Waals surface area contributed by atoms with Gasteiger partial charge in [0.25, 0.3) is 5.91 Å². The van der Waals surface area contributed by atoms with E-state index in [0.717, 1.165) is 28.2 Å². The van der Waals surface area contributed by atoms with E-state index in [1.807, 2.05) is 55.5 Å². The van der Waals surface area contributed by atoms with E-state index < -0.39 is 0 Å². The summed E-state index contributed by atoms with van der Waals surface area (Å²) in [5, 5.41) is 6.39. The first-order chi connectivity index (χ1) is 15.6. The minimum absolute atomic E-state index is 0.187. The number of anilines is 2. The molecule has 1 aliphatic heterocycles. The number of rotatable bonds is 4. The van der Waals surface area contributed by atoms with Gasteiger partial charge < -0.3 is 15.4 Å². The average molecular weight is 425 g/mol. The maximum Gasteiger partial charge on any atom is 0.255 e. The molecule has 0 saturated carbocycles. The smallest absolute Gasteiger partial charge is 0.255 e. The second-order valence-electron chi connectivity index (χ2n) is 7.93. The van der Waals surface area contributed by atoms with Crippen molar-refractivity contribution in [2.45, 2.75) is 19.9 Å². The minimum Gasteiger partial charge on any atom is -0.495 e. The van der Waals surface area contributed by atoms with E-state index >= 15 is 0 Å². The molecule has 5 rings (SSSR count). The highest BCUT2D eigenvalue weighted by molar-refractivity contribution is 6.07. The molecule has 160 valence electrons. The first-order valence-corrected chi connectivity index (χ1v) is 10.5. The molecule has 0 radical (unpaired) electrons. The SMILES string of the molecule is COc1ccccc1NC(=O)C1=C(C)Nc2nc3ccccc3n2[C@H]1c1ccc(C)cc1. The second-order valence-corrected chi connectivity index (χ2v) is 7.93. The second kappa shape index (κ2) is 7.89. The predicted molar refractivity (Wildman–Crippen MR) is 127 cm³/mol. The van der Waals surface area contributed by atoms with Crippen LogP contribution in [0, 0.1) is 6.92 Å². The van der Waals surface area contributed by atoms with Gasteiger partial charge >= 0.3 is 0 Å². The lowest BCUT2D eigenvalue weighted by Crippen LogP contribution is -2.31. The number of benzene rings is 3. The number of fused-ring (bicyclic) bond motifs is 3. The molecule has 0 saturated heterocycles. The standard InChI is InChI=1S/C26H24N4O2/c1-16-12-14-18(15-13-16)24-23(25(31)28-20-9-5-7-11-22(20)32-3)17(2)27-26-29-19-8-4-6-10-21(19)30(24)26/h4-15,24H,1-3H3,(H,27,29)(H,28,31)/t24-/m0/s1. The summed E-state index contributed by atoms with van der Waals surface area (Å²) in [5.74, 6) is 1.15. The Morgan fingerprint density at radius 2 is 1.72 bits per heavy atom. The molecule has 4 aromatic rings. The van der Waals surface area contributed by atoms with Crippen molar-refractivity contribution in [1.82, 2.24) is 9.55 Å². The fourth-order valence-electron chi connectivity index (χ4n) is 4.26. The van der Waals surface area contributed by atoms with Gasteiger partial charge in [-0.1, -0.05) is 54.1 Å². The number of aromatic nitrogens is 2. The monoisotopic (exact) mass is 424 g/mol. The number of hydrogen-bond acceptors (Lipinski definition) is 4. The van der Waals surface area contributed by atoms with E-state index in [1.165, 1.54) is 5.56 Å². The number of para-hydroxylation sites is 4. The summed E-state index contributed by atoms with van der Waals surface area (Å²) in [4.78, 5) is 18.4. The number of imidazole rings is 1. The summed E-state index contributed by atoms with van der Waals surface area (Å²) < 4.78 is 7.53. The van der Waals surface area contributed by atoms with Crippen LogP contribution in [-0.2, 0) is 4.79 Å². The Balaban J connectivity index is 1.66. The van der Waals surface area contributed by atoms with Gasteiger partial charge in [0, 0.05) is 5.70 Å². The Hall–Kier alpha value is -4.06. The molecule has 1 atom stereocenters. The van der Waals surface area contributed by atoms with Crippen LogP contribution >= 0.6 is 0 Å². The van der Waals surface area contributed by atoms with Crippen molar-refractivity contribution >= 4 is 28.6 Å². The summed E-state index contributed by atoms with van der Waals surface area (Å²) in [6.07, 6.45) is 0. The number of ether oxygens (including phenoxy) is 1. The molecule has 2 N–H and O–H groups in total. The topological polar surface area (TPSA) is 68.2 Å². The van der Waals surface area contributed by atoms with Gasteiger partial charge in [0.15, 0.2) is 0 Å². The van der Waals surface area contributed by atoms with Gasteiger partial charge in [0.2, 0.25) is 5.95 Å². The zero-order valence-electron chi connectivity index (χ0n) is 18.2. The molecule has 0 bridgehead atoms. The van der Waals surface area contributed by atoms with Crippen molar-refractivity contribution in [2.24, 2.45) is 0 Å². The van der Waals surface area contributed by atoms with Crippen molar-refractivity contribution in [1.29, 1.82) is 0 Å². The molecular weight excluding hydrogens is 400 g/mol. The Morgan fingerprint density at radius 3 is 2.50 bits per heavy atom. The number of carbonyl (C=O) groups excluding carboxylic acids is 1. The van der Waals surface area contributed by atoms with Crippen molar-refractivity contribution < 1.29 is 9.53 Å². The van der Waals surface area contributed by atoms with Crippen LogP contribution in [-0.4, -0.2) is 22.6 Å². The molecular formula is C26H24N4O2. The maximum absolute atomic E-state index is 13.7. The molecule has 1 aliphatic rings. The normalized spacial score (nSPS) is 15.3. The highest BCUT2D eigenvalue weighted by Crippen LogP contribution is 2.39. The molecule has 0 fully saturated rings. The van der Waals surface area contributed by atoms with Gasteiger partial charge in [-0.15, -0.1) is 0 Å². The summed E-state index contributed by atoms with van der Waals surface area (Å²) in [5.41, 5.74) is 6.07. The fourth-order valence-corrected chi connectivity index (χ4v) is 4.26. The third kappa shape index (κ3) is 3.30. The largest absolute Gasteiger partial charge is 0.495 e. The number of nitrogens with one attached hydrogen (secondary N) is 2. The first-order valence-electron chi connectivity index (χ1n) is 10.5. The number of allylic oxidation sites excluding steroid dienone is 1. The first kappa shape index (κ1) is 19.9. The Bertz CT molecular complexity index is 1350. The van der Waals surface area contributed by atoms with Gasteiger partial charge in [0.1, 0.15) is 5.75 Å². The Morgan fingerprint density at radius 1 is 1.00 bits per heavy atom. The Kier molecular flexibility index (Phi) is 4.90. The van der Waals surface area contributed by atoms with Crippen molar-refractivity contribution in [3.05, 3.63) is 95.2 Å². The van der Waals surface area contributed by atoms with E-state index in [9.17, 15) is 4.79 Å². The molecule has 0 spiro atoms. The molecule has 6 nitrogen and oxygen atoms in total. The number of aryl methyl sites for hydroxylation is 1. The zero-order valence-corrected chi connectivity index (χ0v) is 18.2. The van der Waals surface area contributed by atoms with E-state index in [2.05, 4.69) is 46.4 Å². The maximum atomic E-state index is 13.7. The van der Waals surface area contributed by atoms with Crippen LogP contribution < -0.4 is 15.4 Å². The average Bonchev–Trinajstić information content (AvgIpc) is 3.17. The van der Waals surface area contributed by atoms with Gasteiger partial charge in [-0.2, -0.15) is 0 Å². The lowest BCUT2D eigenvalue weighted by molar-refractivity contribution is -0.113. The fraction of sp³-hybridized carbons (Fsp3) is 0.154. The molecule has 1 amide bonds. The molecule has 6 heteroatoms. The summed E-state index contributed by atoms with van der Waals surface area (Å²) in [7, 11) is 1.59. The van der Waals surface area contributed by atoms with Crippen LogP contribution in [0.1, 0.15) is 24.1 Å². The van der Waals surface area contributed by atoms with Crippen LogP contribution in [0.4, 0.5) is 11.6 Å². The van der Waals surface area contributed by atoms with E-state index in [0.29, 0.717) is 17.0 Å². The highest BCUT2D eigenvalue weighted by atomic mass is 16.5. The number of nitrogens with zero attached hydrogens (tertiary/aromatic N) is 2. The van der Waals surface area contributed by atoms with Crippen molar-refractivity contribution in [3.8, 4) is 5.75 Å². The number of carbonyl (C=O) groups is 1. The summed E-state index contributed by atoms with van der Waals surface area (Å²) >= 11 is 0. The summed E-state index contributed by atoms with van der Waals surface area (Å²) in [6.45, 7) is 3.97. The minimum atomic E-state index is -0.325. The lowest BCUT2D eigenvalue weighted by atomic mass is 9.93. The predicted octanol–water partition coefficient (Wildman–Crippen LogP) is 5.28. The molecule has 2 heterocycles. The Labute approximate surface area is 186 Å². The van der Waals surface area contributed by atoms with Crippen LogP contribution in [0.3, 0.4) is 0 Å². The third-order valence-electron chi connectivity index (χ3n) is 5.82. The quantitative estimate of drug-likeness (QED) is 0.468. The zero-order chi connectivity index (χ0) is 22.2. The lowest BCUT2D eigenvalue weighted by Gasteiger charge is -2.31. The van der Waals surface area contributed by atoms with Gasteiger partial charge in [-0.25, -0.2) is 4.98 Å². The van der Waals surface area contributed by atoms with E-state index in [1.54, 1.807) is 7.11 Å². The molecule has 32 heavy (non-hydrogen) atoms. The van der Waals surface area contributed by atoms with Crippen LogP contribution in [0.25, 0.3) is 11.0 Å². The highest BCUT2D eigenvalue weighted by Gasteiger charge is 2.34. The molecule has 1 aromatic heterocycles.